The highest BCUT2D eigenvalue weighted by molar-refractivity contribution is 7.99. The van der Waals surface area contributed by atoms with Crippen molar-refractivity contribution >= 4 is 29.3 Å². The summed E-state index contributed by atoms with van der Waals surface area (Å²) in [5, 5.41) is 0.719. The van der Waals surface area contributed by atoms with Crippen molar-refractivity contribution in [1.29, 1.82) is 0 Å². The van der Waals surface area contributed by atoms with Gasteiger partial charge in [0.15, 0.2) is 11.5 Å². The molecule has 0 atom stereocenters. The van der Waals surface area contributed by atoms with Crippen molar-refractivity contribution in [2.24, 2.45) is 0 Å². The molecule has 0 bridgehead atoms. The minimum atomic E-state index is 0.0730. The number of benzene rings is 2. The average molecular weight is 380 g/mol. The van der Waals surface area contributed by atoms with Gasteiger partial charge in [0, 0.05) is 29.9 Å². The summed E-state index contributed by atoms with van der Waals surface area (Å²) < 4.78 is 10.7. The maximum atomic E-state index is 12.4. The molecule has 0 saturated carbocycles. The number of halogens is 1. The van der Waals surface area contributed by atoms with E-state index in [2.05, 4.69) is 0 Å². The van der Waals surface area contributed by atoms with Gasteiger partial charge in [-0.25, -0.2) is 0 Å². The van der Waals surface area contributed by atoms with Gasteiger partial charge in [0.25, 0.3) is 0 Å². The quantitative estimate of drug-likeness (QED) is 0.687. The molecule has 0 aromatic heterocycles. The molecule has 0 saturated heterocycles. The first-order chi connectivity index (χ1) is 12.0. The number of para-hydroxylation sites is 1. The number of carbonyl (C=O) groups is 1. The predicted octanol–water partition coefficient (Wildman–Crippen LogP) is 4.25. The topological polar surface area (TPSA) is 38.8 Å². The second-order valence-electron chi connectivity index (χ2n) is 5.52. The Hall–Kier alpha value is -1.85. The molecule has 2 aromatic carbocycles. The summed E-state index contributed by atoms with van der Waals surface area (Å²) in [6.07, 6.45) is 0. The van der Waals surface area contributed by atoms with Gasteiger partial charge in [-0.3, -0.25) is 4.79 Å². The Labute approximate surface area is 158 Å². The fraction of sp³-hybridized carbons (Fsp3) is 0.316. The lowest BCUT2D eigenvalue weighted by molar-refractivity contribution is -0.127. The molecule has 0 N–H and O–H groups in total. The van der Waals surface area contributed by atoms with Crippen LogP contribution < -0.4 is 9.47 Å². The van der Waals surface area contributed by atoms with Crippen LogP contribution in [-0.2, 0) is 17.1 Å². The van der Waals surface area contributed by atoms with Crippen LogP contribution >= 0.6 is 23.4 Å². The van der Waals surface area contributed by atoms with Crippen molar-refractivity contribution in [3.63, 3.8) is 0 Å². The van der Waals surface area contributed by atoms with E-state index in [9.17, 15) is 4.79 Å². The molecule has 0 heterocycles. The van der Waals surface area contributed by atoms with E-state index in [0.717, 1.165) is 21.9 Å². The van der Waals surface area contributed by atoms with Gasteiger partial charge in [-0.05, 0) is 23.8 Å². The van der Waals surface area contributed by atoms with Gasteiger partial charge >= 0.3 is 0 Å². The monoisotopic (exact) mass is 379 g/mol. The maximum absolute atomic E-state index is 12.4. The van der Waals surface area contributed by atoms with E-state index in [1.807, 2.05) is 42.5 Å². The third-order valence-corrected chi connectivity index (χ3v) is 4.97. The molecule has 0 fully saturated rings. The standard InChI is InChI=1S/C19H22ClNO3S/c1-21(11-15-5-4-6-17(23-2)19(15)24-3)18(22)13-25-12-14-7-9-16(20)10-8-14/h4-10H,11-13H2,1-3H3. The Bertz CT molecular complexity index is 706. The van der Waals surface area contributed by atoms with E-state index in [1.165, 1.54) is 0 Å². The third-order valence-electron chi connectivity index (χ3n) is 3.73. The number of thioether (sulfide) groups is 1. The molecule has 0 radical (unpaired) electrons. The van der Waals surface area contributed by atoms with Crippen molar-refractivity contribution in [3.05, 3.63) is 58.6 Å². The minimum Gasteiger partial charge on any atom is -0.493 e. The highest BCUT2D eigenvalue weighted by atomic mass is 35.5. The minimum absolute atomic E-state index is 0.0730. The second-order valence-corrected chi connectivity index (χ2v) is 6.94. The summed E-state index contributed by atoms with van der Waals surface area (Å²) in [5.41, 5.74) is 2.07. The fourth-order valence-electron chi connectivity index (χ4n) is 2.37. The number of hydrogen-bond acceptors (Lipinski definition) is 4. The number of methoxy groups -OCH3 is 2. The zero-order valence-corrected chi connectivity index (χ0v) is 16.2. The van der Waals surface area contributed by atoms with Gasteiger partial charge in [-0.1, -0.05) is 35.9 Å². The number of rotatable bonds is 8. The van der Waals surface area contributed by atoms with E-state index in [1.54, 1.807) is 37.9 Å². The van der Waals surface area contributed by atoms with Crippen LogP contribution in [0.5, 0.6) is 11.5 Å². The molecule has 0 aliphatic heterocycles. The van der Waals surface area contributed by atoms with Gasteiger partial charge in [0.2, 0.25) is 5.91 Å². The van der Waals surface area contributed by atoms with Crippen LogP contribution in [0.25, 0.3) is 0 Å². The molecule has 0 spiro atoms. The van der Waals surface area contributed by atoms with Gasteiger partial charge in [-0.2, -0.15) is 0 Å². The van der Waals surface area contributed by atoms with Crippen LogP contribution in [0.4, 0.5) is 0 Å². The zero-order valence-electron chi connectivity index (χ0n) is 14.6. The van der Waals surface area contributed by atoms with E-state index < -0.39 is 0 Å². The molecule has 2 aromatic rings. The van der Waals surface area contributed by atoms with Crippen LogP contribution in [0.2, 0.25) is 5.02 Å². The number of amides is 1. The Morgan fingerprint density at radius 2 is 1.84 bits per heavy atom. The summed E-state index contributed by atoms with van der Waals surface area (Å²) in [7, 11) is 5.00. The molecule has 25 heavy (non-hydrogen) atoms. The summed E-state index contributed by atoms with van der Waals surface area (Å²) >= 11 is 7.46. The molecule has 0 aliphatic carbocycles. The van der Waals surface area contributed by atoms with E-state index >= 15 is 0 Å². The molecular formula is C19H22ClNO3S. The number of nitrogens with zero attached hydrogens (tertiary/aromatic N) is 1. The highest BCUT2D eigenvalue weighted by Gasteiger charge is 2.15. The first kappa shape index (κ1) is 19.5. The van der Waals surface area contributed by atoms with Crippen LogP contribution in [-0.4, -0.2) is 37.8 Å². The molecular weight excluding hydrogens is 358 g/mol. The Balaban J connectivity index is 1.89. The third kappa shape index (κ3) is 5.58. The van der Waals surface area contributed by atoms with Crippen LogP contribution in [0, 0.1) is 0 Å². The SMILES string of the molecule is COc1cccc(CN(C)C(=O)CSCc2ccc(Cl)cc2)c1OC. The van der Waals surface area contributed by atoms with Crippen molar-refractivity contribution in [2.45, 2.75) is 12.3 Å². The fourth-order valence-corrected chi connectivity index (χ4v) is 3.42. The lowest BCUT2D eigenvalue weighted by atomic mass is 10.1. The van der Waals surface area contributed by atoms with Crippen molar-refractivity contribution < 1.29 is 14.3 Å². The summed E-state index contributed by atoms with van der Waals surface area (Å²) in [4.78, 5) is 14.1. The Morgan fingerprint density at radius 1 is 1.12 bits per heavy atom. The van der Waals surface area contributed by atoms with E-state index in [4.69, 9.17) is 21.1 Å². The predicted molar refractivity (Wildman–Crippen MR) is 104 cm³/mol. The zero-order chi connectivity index (χ0) is 18.2. The Morgan fingerprint density at radius 3 is 2.48 bits per heavy atom. The summed E-state index contributed by atoms with van der Waals surface area (Å²) in [5.74, 6) is 2.60. The summed E-state index contributed by atoms with van der Waals surface area (Å²) in [6.45, 7) is 0.473. The molecule has 4 nitrogen and oxygen atoms in total. The lowest BCUT2D eigenvalue weighted by Crippen LogP contribution is -2.28. The highest BCUT2D eigenvalue weighted by Crippen LogP contribution is 2.31. The van der Waals surface area contributed by atoms with Crippen LogP contribution in [0.3, 0.4) is 0 Å². The van der Waals surface area contributed by atoms with Gasteiger partial charge in [0.05, 0.1) is 20.0 Å². The van der Waals surface area contributed by atoms with Gasteiger partial charge in [-0.15, -0.1) is 11.8 Å². The van der Waals surface area contributed by atoms with Crippen LogP contribution in [0.1, 0.15) is 11.1 Å². The first-order valence-corrected chi connectivity index (χ1v) is 9.34. The smallest absolute Gasteiger partial charge is 0.232 e. The van der Waals surface area contributed by atoms with Crippen molar-refractivity contribution in [2.75, 3.05) is 27.0 Å². The molecule has 2 rings (SSSR count). The molecule has 0 aliphatic rings. The van der Waals surface area contributed by atoms with Crippen molar-refractivity contribution in [3.8, 4) is 11.5 Å². The lowest BCUT2D eigenvalue weighted by Gasteiger charge is -2.20. The number of hydrogen-bond donors (Lipinski definition) is 0. The molecule has 134 valence electrons. The average Bonchev–Trinajstić information content (AvgIpc) is 2.62. The number of ether oxygens (including phenoxy) is 2. The Kier molecular flexibility index (Phi) is 7.47. The van der Waals surface area contributed by atoms with Gasteiger partial charge in [0.1, 0.15) is 0 Å². The van der Waals surface area contributed by atoms with Crippen LogP contribution in [0.15, 0.2) is 42.5 Å². The largest absolute Gasteiger partial charge is 0.493 e. The van der Waals surface area contributed by atoms with Crippen molar-refractivity contribution in [1.82, 2.24) is 4.90 Å². The maximum Gasteiger partial charge on any atom is 0.232 e. The molecule has 1 amide bonds. The molecule has 6 heteroatoms. The van der Waals surface area contributed by atoms with E-state index in [0.29, 0.717) is 23.8 Å². The van der Waals surface area contributed by atoms with Gasteiger partial charge < -0.3 is 14.4 Å². The summed E-state index contributed by atoms with van der Waals surface area (Å²) in [6, 6.07) is 13.3. The van der Waals surface area contributed by atoms with E-state index in [-0.39, 0.29) is 5.91 Å². The number of carbonyl (C=O) groups excluding carboxylic acids is 1. The first-order valence-electron chi connectivity index (χ1n) is 7.81. The normalized spacial score (nSPS) is 10.4. The molecule has 0 unspecified atom stereocenters. The second kappa shape index (κ2) is 9.59.